The second-order valence-corrected chi connectivity index (χ2v) is 7.76. The summed E-state index contributed by atoms with van der Waals surface area (Å²) in [5.41, 5.74) is 1.79. The highest BCUT2D eigenvalue weighted by molar-refractivity contribution is 5.95. The Balaban J connectivity index is 1.90. The van der Waals surface area contributed by atoms with Crippen molar-refractivity contribution in [2.24, 2.45) is 0 Å². The molecule has 10 nitrogen and oxygen atoms in total. The molecule has 3 rings (SSSR count). The molecule has 0 radical (unpaired) electrons. The van der Waals surface area contributed by atoms with Crippen LogP contribution in [0.15, 0.2) is 46.0 Å². The second-order valence-electron chi connectivity index (χ2n) is 7.76. The molecule has 1 aliphatic rings. The summed E-state index contributed by atoms with van der Waals surface area (Å²) in [4.78, 5) is 39.1. The third-order valence-corrected chi connectivity index (χ3v) is 5.33. The van der Waals surface area contributed by atoms with Gasteiger partial charge in [0.1, 0.15) is 22.8 Å². The molecule has 34 heavy (non-hydrogen) atoms. The highest BCUT2D eigenvalue weighted by Crippen LogP contribution is 2.29. The number of carbonyl (C=O) groups excluding carboxylic acids is 3. The Bertz CT molecular complexity index is 1090. The lowest BCUT2D eigenvalue weighted by molar-refractivity contribution is -0.139. The van der Waals surface area contributed by atoms with Crippen LogP contribution in [-0.4, -0.2) is 57.3 Å². The van der Waals surface area contributed by atoms with Gasteiger partial charge < -0.3 is 29.3 Å². The van der Waals surface area contributed by atoms with Crippen LogP contribution in [0.2, 0.25) is 0 Å². The lowest BCUT2D eigenvalue weighted by atomic mass is 9.95. The molecule has 2 aromatic rings. The van der Waals surface area contributed by atoms with Gasteiger partial charge in [-0.1, -0.05) is 12.1 Å². The first-order chi connectivity index (χ1) is 16.3. The van der Waals surface area contributed by atoms with Gasteiger partial charge in [0.2, 0.25) is 0 Å². The maximum atomic E-state index is 12.9. The van der Waals surface area contributed by atoms with Crippen LogP contribution in [0.1, 0.15) is 40.4 Å². The molecule has 1 atom stereocenters. The summed E-state index contributed by atoms with van der Waals surface area (Å²) in [5, 5.41) is 5.55. The number of methoxy groups -OCH3 is 2. The zero-order valence-corrected chi connectivity index (χ0v) is 19.9. The van der Waals surface area contributed by atoms with E-state index in [0.29, 0.717) is 46.2 Å². The zero-order chi connectivity index (χ0) is 24.8. The van der Waals surface area contributed by atoms with Gasteiger partial charge in [-0.15, -0.1) is 0 Å². The fourth-order valence-corrected chi connectivity index (χ4v) is 3.76. The van der Waals surface area contributed by atoms with Crippen molar-refractivity contribution in [3.8, 4) is 5.75 Å². The van der Waals surface area contributed by atoms with Crippen LogP contribution >= 0.6 is 0 Å². The van der Waals surface area contributed by atoms with Crippen LogP contribution in [0.5, 0.6) is 5.75 Å². The number of aryl methyl sites for hydroxylation is 1. The first kappa shape index (κ1) is 24.8. The van der Waals surface area contributed by atoms with Gasteiger partial charge in [0.25, 0.3) is 0 Å². The second kappa shape index (κ2) is 10.9. The third kappa shape index (κ3) is 5.57. The number of likely N-dealkylation sites (N-methyl/N-ethyl adjacent to an activating group) is 1. The van der Waals surface area contributed by atoms with Gasteiger partial charge in [-0.05, 0) is 44.7 Å². The molecule has 0 saturated carbocycles. The Kier molecular flexibility index (Phi) is 7.95. The van der Waals surface area contributed by atoms with Crippen LogP contribution in [0.3, 0.4) is 0 Å². The number of carbonyl (C=O) groups is 3. The normalized spacial score (nSPS) is 15.6. The van der Waals surface area contributed by atoms with Gasteiger partial charge in [-0.2, -0.15) is 0 Å². The smallest absolute Gasteiger partial charge is 0.341 e. The SMILES string of the molecule is CCOC(=O)C1=C(CN(C)Cc2cc(C(=O)OC)c(C)o2)NC(=O)NC1c1ccc(OC)cc1. The summed E-state index contributed by atoms with van der Waals surface area (Å²) >= 11 is 0. The fraction of sp³-hybridized carbons (Fsp3) is 0.375. The predicted octanol–water partition coefficient (Wildman–Crippen LogP) is 2.69. The molecule has 2 N–H and O–H groups in total. The minimum absolute atomic E-state index is 0.191. The highest BCUT2D eigenvalue weighted by atomic mass is 16.5. The molecule has 1 unspecified atom stereocenters. The Morgan fingerprint density at radius 3 is 2.44 bits per heavy atom. The van der Waals surface area contributed by atoms with E-state index in [1.807, 2.05) is 11.9 Å². The Morgan fingerprint density at radius 2 is 1.82 bits per heavy atom. The Hall–Kier alpha value is -3.79. The number of nitrogens with one attached hydrogen (secondary N) is 2. The average Bonchev–Trinajstić information content (AvgIpc) is 3.17. The lowest BCUT2D eigenvalue weighted by Gasteiger charge is -2.31. The number of amides is 2. The number of benzene rings is 1. The van der Waals surface area contributed by atoms with Crippen LogP contribution < -0.4 is 15.4 Å². The molecule has 0 bridgehead atoms. The van der Waals surface area contributed by atoms with E-state index in [2.05, 4.69) is 10.6 Å². The zero-order valence-electron chi connectivity index (χ0n) is 19.9. The molecule has 0 fully saturated rings. The van der Waals surface area contributed by atoms with Crippen molar-refractivity contribution in [2.75, 3.05) is 34.4 Å². The third-order valence-electron chi connectivity index (χ3n) is 5.33. The molecule has 1 aromatic carbocycles. The highest BCUT2D eigenvalue weighted by Gasteiger charge is 2.34. The minimum atomic E-state index is -0.695. The van der Waals surface area contributed by atoms with E-state index in [1.165, 1.54) is 7.11 Å². The van der Waals surface area contributed by atoms with E-state index in [0.717, 1.165) is 0 Å². The Morgan fingerprint density at radius 1 is 1.12 bits per heavy atom. The number of furan rings is 1. The van der Waals surface area contributed by atoms with Gasteiger partial charge in [-0.25, -0.2) is 14.4 Å². The molecule has 0 saturated heterocycles. The van der Waals surface area contributed by atoms with E-state index in [9.17, 15) is 14.4 Å². The summed E-state index contributed by atoms with van der Waals surface area (Å²) in [5.74, 6) is 0.657. The summed E-state index contributed by atoms with van der Waals surface area (Å²) in [6.45, 7) is 4.15. The topological polar surface area (TPSA) is 119 Å². The number of hydrogen-bond donors (Lipinski definition) is 2. The standard InChI is InChI=1S/C24H29N3O7/c1-6-33-23(29)20-19(13-27(3)12-17-11-18(14(2)34-17)22(28)32-5)25-24(30)26-21(20)15-7-9-16(31-4)10-8-15/h7-11,21H,6,12-13H2,1-5H3,(H2,25,26,30). The van der Waals surface area contributed by atoms with E-state index in [1.54, 1.807) is 51.3 Å². The van der Waals surface area contributed by atoms with Crippen LogP contribution in [-0.2, 0) is 20.8 Å². The van der Waals surface area contributed by atoms with Crippen molar-refractivity contribution < 1.29 is 33.0 Å². The van der Waals surface area contributed by atoms with E-state index >= 15 is 0 Å². The largest absolute Gasteiger partial charge is 0.497 e. The maximum absolute atomic E-state index is 12.9. The number of nitrogens with zero attached hydrogens (tertiary/aromatic N) is 1. The molecule has 182 valence electrons. The number of urea groups is 1. The fourth-order valence-electron chi connectivity index (χ4n) is 3.76. The summed E-state index contributed by atoms with van der Waals surface area (Å²) in [6, 6.07) is 7.59. The quantitative estimate of drug-likeness (QED) is 0.536. The molecule has 2 heterocycles. The van der Waals surface area contributed by atoms with Crippen LogP contribution in [0, 0.1) is 6.92 Å². The average molecular weight is 472 g/mol. The van der Waals surface area contributed by atoms with Crippen molar-refractivity contribution in [3.05, 3.63) is 64.2 Å². The first-order valence-corrected chi connectivity index (χ1v) is 10.7. The molecule has 2 amide bonds. The minimum Gasteiger partial charge on any atom is -0.497 e. The van der Waals surface area contributed by atoms with E-state index in [-0.39, 0.29) is 13.2 Å². The number of rotatable bonds is 9. The molecule has 1 aromatic heterocycles. The summed E-state index contributed by atoms with van der Waals surface area (Å²) in [7, 11) is 4.68. The molecular formula is C24H29N3O7. The van der Waals surface area contributed by atoms with Gasteiger partial charge in [0, 0.05) is 12.2 Å². The number of esters is 2. The van der Waals surface area contributed by atoms with Crippen molar-refractivity contribution >= 4 is 18.0 Å². The van der Waals surface area contributed by atoms with Crippen LogP contribution in [0.4, 0.5) is 4.79 Å². The monoisotopic (exact) mass is 471 g/mol. The predicted molar refractivity (Wildman–Crippen MR) is 122 cm³/mol. The molecule has 0 aliphatic carbocycles. The summed E-state index contributed by atoms with van der Waals surface area (Å²) < 4.78 is 21.0. The van der Waals surface area contributed by atoms with Crippen molar-refractivity contribution in [3.63, 3.8) is 0 Å². The van der Waals surface area contributed by atoms with Crippen LogP contribution in [0.25, 0.3) is 0 Å². The van der Waals surface area contributed by atoms with Gasteiger partial charge in [0.05, 0.1) is 39.0 Å². The van der Waals surface area contributed by atoms with Crippen molar-refractivity contribution in [1.29, 1.82) is 0 Å². The molecule has 10 heteroatoms. The maximum Gasteiger partial charge on any atom is 0.341 e. The van der Waals surface area contributed by atoms with E-state index < -0.39 is 24.0 Å². The van der Waals surface area contributed by atoms with Crippen molar-refractivity contribution in [2.45, 2.75) is 26.4 Å². The lowest BCUT2D eigenvalue weighted by Crippen LogP contribution is -2.48. The number of ether oxygens (including phenoxy) is 3. The Labute approximate surface area is 197 Å². The van der Waals surface area contributed by atoms with Gasteiger partial charge >= 0.3 is 18.0 Å². The molecule has 1 aliphatic heterocycles. The first-order valence-electron chi connectivity index (χ1n) is 10.7. The van der Waals surface area contributed by atoms with Crippen molar-refractivity contribution in [1.82, 2.24) is 15.5 Å². The molecule has 0 spiro atoms. The summed E-state index contributed by atoms with van der Waals surface area (Å²) in [6.07, 6.45) is 0. The van der Waals surface area contributed by atoms with Gasteiger partial charge in [-0.3, -0.25) is 4.90 Å². The number of hydrogen-bond acceptors (Lipinski definition) is 8. The van der Waals surface area contributed by atoms with E-state index in [4.69, 9.17) is 18.6 Å². The van der Waals surface area contributed by atoms with Gasteiger partial charge in [0.15, 0.2) is 0 Å². The molecular weight excluding hydrogens is 442 g/mol.